The van der Waals surface area contributed by atoms with E-state index in [9.17, 15) is 13.6 Å². The summed E-state index contributed by atoms with van der Waals surface area (Å²) < 4.78 is 33.6. The van der Waals surface area contributed by atoms with E-state index in [1.807, 2.05) is 0 Å². The van der Waals surface area contributed by atoms with Crippen molar-refractivity contribution in [2.75, 3.05) is 6.54 Å². The number of piperidine rings is 1. The van der Waals surface area contributed by atoms with Crippen molar-refractivity contribution < 1.29 is 13.3 Å². The Morgan fingerprint density at radius 3 is 2.67 bits per heavy atom. The minimum absolute atomic E-state index is 0.138. The van der Waals surface area contributed by atoms with E-state index in [1.165, 1.54) is 29.2 Å². The highest BCUT2D eigenvalue weighted by molar-refractivity contribution is 6.30. The van der Waals surface area contributed by atoms with Crippen LogP contribution in [0.4, 0.5) is 8.78 Å². The minimum atomic E-state index is -0.786. The molecule has 2 atom stereocenters. The van der Waals surface area contributed by atoms with Crippen LogP contribution in [0.25, 0.3) is 0 Å². The van der Waals surface area contributed by atoms with Crippen LogP contribution in [0.2, 0.25) is 5.02 Å². The van der Waals surface area contributed by atoms with Crippen molar-refractivity contribution in [1.82, 2.24) is 10.1 Å². The topological polar surface area (TPSA) is 47.2 Å². The molecule has 0 amide bonds. The summed E-state index contributed by atoms with van der Waals surface area (Å²) in [7, 11) is 0. The van der Waals surface area contributed by atoms with Gasteiger partial charge >= 0.3 is 0 Å². The highest BCUT2D eigenvalue weighted by atomic mass is 35.5. The van der Waals surface area contributed by atoms with Crippen LogP contribution in [0.3, 0.4) is 0 Å². The number of halogens is 3. The molecule has 21 heavy (non-hydrogen) atoms. The van der Waals surface area contributed by atoms with Crippen molar-refractivity contribution in [2.24, 2.45) is 0 Å². The average Bonchev–Trinajstić information content (AvgIpc) is 2.90. The summed E-state index contributed by atoms with van der Waals surface area (Å²) in [6.07, 6.45) is 2.55. The third kappa shape index (κ3) is 2.73. The Bertz CT molecular complexity index is 690. The molecular weight excluding hydrogens is 302 g/mol. The summed E-state index contributed by atoms with van der Waals surface area (Å²) in [6.45, 7) is 0.619. The number of hydrogen-bond donors (Lipinski definition) is 1. The van der Waals surface area contributed by atoms with Gasteiger partial charge in [-0.15, -0.1) is 0 Å². The molecule has 1 aliphatic rings. The van der Waals surface area contributed by atoms with Gasteiger partial charge in [0.25, 0.3) is 5.56 Å². The van der Waals surface area contributed by atoms with Gasteiger partial charge in [-0.25, -0.2) is 8.78 Å². The predicted octanol–water partition coefficient (Wildman–Crippen LogP) is 3.04. The number of nitrogens with zero attached hydrogens (tertiary/aromatic N) is 1. The summed E-state index contributed by atoms with van der Waals surface area (Å²) in [5.74, 6) is -1.57. The van der Waals surface area contributed by atoms with Gasteiger partial charge in [0.05, 0.1) is 6.04 Å². The monoisotopic (exact) mass is 314 g/mol. The number of aromatic nitrogens is 1. The standard InChI is InChI=1S/C14H13ClF2N2O2/c15-14-10(16)5-8(6-11(14)17)12-7-9(1-3-18-12)19-13(20)2-4-21-19/h2,4-6,9,12,18H,1,3,7H2/t9-,12-/m0/s1. The second-order valence-corrected chi connectivity index (χ2v) is 5.43. The van der Waals surface area contributed by atoms with Gasteiger partial charge in [0.1, 0.15) is 22.9 Å². The van der Waals surface area contributed by atoms with Gasteiger partial charge in [-0.1, -0.05) is 11.6 Å². The van der Waals surface area contributed by atoms with Crippen molar-refractivity contribution in [3.05, 3.63) is 57.0 Å². The maximum atomic E-state index is 13.6. The Balaban J connectivity index is 1.87. The molecular formula is C14H13ClF2N2O2. The summed E-state index contributed by atoms with van der Waals surface area (Å²) >= 11 is 5.49. The number of nitrogens with one attached hydrogen (secondary N) is 1. The highest BCUT2D eigenvalue weighted by Gasteiger charge is 2.27. The zero-order valence-electron chi connectivity index (χ0n) is 11.0. The molecule has 2 aromatic rings. The van der Waals surface area contributed by atoms with Crippen molar-refractivity contribution in [3.8, 4) is 0 Å². The Labute approximate surface area is 124 Å². The lowest BCUT2D eigenvalue weighted by molar-refractivity contribution is 0.161. The van der Waals surface area contributed by atoms with Crippen molar-refractivity contribution in [1.29, 1.82) is 0 Å². The van der Waals surface area contributed by atoms with Gasteiger partial charge in [0.2, 0.25) is 0 Å². The largest absolute Gasteiger partial charge is 0.384 e. The maximum Gasteiger partial charge on any atom is 0.282 e. The summed E-state index contributed by atoms with van der Waals surface area (Å²) in [5.41, 5.74) is 0.257. The molecule has 0 aliphatic carbocycles. The predicted molar refractivity (Wildman–Crippen MR) is 73.4 cm³/mol. The molecule has 2 heterocycles. The van der Waals surface area contributed by atoms with Gasteiger partial charge in [0.15, 0.2) is 0 Å². The molecule has 0 saturated carbocycles. The fourth-order valence-corrected chi connectivity index (χ4v) is 2.80. The normalized spacial score (nSPS) is 22.4. The zero-order chi connectivity index (χ0) is 15.0. The first kappa shape index (κ1) is 14.3. The molecule has 1 aromatic carbocycles. The van der Waals surface area contributed by atoms with E-state index in [4.69, 9.17) is 16.1 Å². The summed E-state index contributed by atoms with van der Waals surface area (Å²) in [6, 6.07) is 3.38. The fraction of sp³-hybridized carbons (Fsp3) is 0.357. The smallest absolute Gasteiger partial charge is 0.282 e. The fourth-order valence-electron chi connectivity index (χ4n) is 2.69. The van der Waals surface area contributed by atoms with Crippen molar-refractivity contribution in [3.63, 3.8) is 0 Å². The molecule has 1 aromatic heterocycles. The van der Waals surface area contributed by atoms with Crippen LogP contribution in [-0.2, 0) is 0 Å². The molecule has 112 valence electrons. The maximum absolute atomic E-state index is 13.6. The first-order valence-corrected chi connectivity index (χ1v) is 6.98. The molecule has 4 nitrogen and oxygen atoms in total. The Kier molecular flexibility index (Phi) is 3.82. The van der Waals surface area contributed by atoms with Crippen LogP contribution in [-0.4, -0.2) is 11.3 Å². The highest BCUT2D eigenvalue weighted by Crippen LogP contribution is 2.32. The first-order chi connectivity index (χ1) is 10.1. The molecule has 0 radical (unpaired) electrons. The molecule has 0 unspecified atom stereocenters. The van der Waals surface area contributed by atoms with E-state index in [0.717, 1.165) is 0 Å². The molecule has 1 saturated heterocycles. The number of hydrogen-bond acceptors (Lipinski definition) is 3. The van der Waals surface area contributed by atoms with Crippen LogP contribution >= 0.6 is 11.6 Å². The molecule has 3 rings (SSSR count). The van der Waals surface area contributed by atoms with Gasteiger partial charge in [-0.3, -0.25) is 4.79 Å². The molecule has 1 N–H and O–H groups in total. The van der Waals surface area contributed by atoms with Crippen molar-refractivity contribution in [2.45, 2.75) is 24.9 Å². The third-order valence-electron chi connectivity index (χ3n) is 3.72. The number of rotatable bonds is 2. The van der Waals surface area contributed by atoms with E-state index < -0.39 is 16.7 Å². The van der Waals surface area contributed by atoms with E-state index >= 15 is 0 Å². The second-order valence-electron chi connectivity index (χ2n) is 5.06. The van der Waals surface area contributed by atoms with Crippen LogP contribution in [0.15, 0.2) is 33.8 Å². The summed E-state index contributed by atoms with van der Waals surface area (Å²) in [4.78, 5) is 11.6. The molecule has 1 fully saturated rings. The molecule has 1 aliphatic heterocycles. The van der Waals surface area contributed by atoms with Crippen LogP contribution in [0, 0.1) is 11.6 Å². The Morgan fingerprint density at radius 2 is 2.05 bits per heavy atom. The van der Waals surface area contributed by atoms with Gasteiger partial charge in [-0.05, 0) is 37.1 Å². The van der Waals surface area contributed by atoms with Gasteiger partial charge < -0.3 is 9.84 Å². The van der Waals surface area contributed by atoms with E-state index in [-0.39, 0.29) is 17.6 Å². The number of benzene rings is 1. The third-order valence-corrected chi connectivity index (χ3v) is 4.08. The Hall–Kier alpha value is -1.66. The SMILES string of the molecule is O=c1ccon1[C@H]1CCN[C@H](c2cc(F)c(Cl)c(F)c2)C1. The van der Waals surface area contributed by atoms with Gasteiger partial charge in [-0.2, -0.15) is 4.74 Å². The molecule has 0 spiro atoms. The van der Waals surface area contributed by atoms with E-state index in [0.29, 0.717) is 24.9 Å². The second kappa shape index (κ2) is 5.61. The zero-order valence-corrected chi connectivity index (χ0v) is 11.7. The van der Waals surface area contributed by atoms with Crippen LogP contribution in [0.1, 0.15) is 30.5 Å². The lowest BCUT2D eigenvalue weighted by Crippen LogP contribution is -2.35. The lowest BCUT2D eigenvalue weighted by Gasteiger charge is -2.30. The van der Waals surface area contributed by atoms with E-state index in [2.05, 4.69) is 5.32 Å². The molecule has 0 bridgehead atoms. The Morgan fingerprint density at radius 1 is 1.33 bits per heavy atom. The minimum Gasteiger partial charge on any atom is -0.384 e. The first-order valence-electron chi connectivity index (χ1n) is 6.60. The lowest BCUT2D eigenvalue weighted by atomic mass is 9.94. The van der Waals surface area contributed by atoms with Crippen molar-refractivity contribution >= 4 is 11.6 Å². The molecule has 7 heteroatoms. The average molecular weight is 315 g/mol. The van der Waals surface area contributed by atoms with Crippen LogP contribution < -0.4 is 10.9 Å². The van der Waals surface area contributed by atoms with Crippen LogP contribution in [0.5, 0.6) is 0 Å². The summed E-state index contributed by atoms with van der Waals surface area (Å²) in [5, 5.41) is 2.68. The van der Waals surface area contributed by atoms with E-state index in [1.54, 1.807) is 0 Å². The quantitative estimate of drug-likeness (QED) is 0.867. The van der Waals surface area contributed by atoms with Gasteiger partial charge in [0, 0.05) is 12.1 Å².